The Hall–Kier alpha value is -0.476. The van der Waals surface area contributed by atoms with Gasteiger partial charge in [-0.2, -0.15) is 0 Å². The number of fused-ring (bicyclic) bond motifs is 2. The van der Waals surface area contributed by atoms with E-state index in [4.69, 9.17) is 0 Å². The molecule has 2 spiro atoms. The van der Waals surface area contributed by atoms with Crippen molar-refractivity contribution < 1.29 is 0 Å². The molecule has 2 aromatic rings. The van der Waals surface area contributed by atoms with Gasteiger partial charge in [0.1, 0.15) is 0 Å². The third-order valence-electron chi connectivity index (χ3n) is 7.93. The van der Waals surface area contributed by atoms with Crippen molar-refractivity contribution in [3.63, 3.8) is 0 Å². The molecule has 0 aromatic heterocycles. The third kappa shape index (κ3) is 2.63. The van der Waals surface area contributed by atoms with Crippen molar-refractivity contribution in [2.24, 2.45) is 0 Å². The van der Waals surface area contributed by atoms with E-state index < -0.39 is 35.2 Å². The number of rotatable bonds is 4. The molecule has 0 nitrogen and oxygen atoms in total. The van der Waals surface area contributed by atoms with Gasteiger partial charge in [0, 0.05) is 9.52 Å². The van der Waals surface area contributed by atoms with Crippen LogP contribution in [-0.4, -0.2) is 44.7 Å². The van der Waals surface area contributed by atoms with Gasteiger partial charge in [-0.05, 0) is 8.57 Å². The molecule has 5 heteroatoms. The molecule has 0 saturated carbocycles. The van der Waals surface area contributed by atoms with Gasteiger partial charge in [0.2, 0.25) is 0 Å². The Morgan fingerprint density at radius 3 is 1.10 bits per heavy atom. The van der Waals surface area contributed by atoms with E-state index in [-0.39, 0.29) is 0 Å². The Labute approximate surface area is 186 Å². The Morgan fingerprint density at radius 2 is 0.862 bits per heavy atom. The molecular formula is C24H32Si5. The van der Waals surface area contributed by atoms with E-state index in [1.807, 2.05) is 20.7 Å². The number of hydrogen-bond acceptors (Lipinski definition) is 0. The van der Waals surface area contributed by atoms with Gasteiger partial charge in [-0.1, -0.05) is 134 Å². The van der Waals surface area contributed by atoms with E-state index in [0.717, 1.165) is 8.57 Å². The second kappa shape index (κ2) is 7.59. The lowest BCUT2D eigenvalue weighted by Crippen LogP contribution is -2.52. The molecule has 1 fully saturated rings. The summed E-state index contributed by atoms with van der Waals surface area (Å²) in [5.74, 6) is 0. The second-order valence-corrected chi connectivity index (χ2v) is 26.0. The predicted molar refractivity (Wildman–Crippen MR) is 137 cm³/mol. The molecular weight excluding hydrogens is 429 g/mol. The lowest BCUT2D eigenvalue weighted by molar-refractivity contribution is 0.789. The van der Waals surface area contributed by atoms with Gasteiger partial charge in [0.25, 0.3) is 0 Å². The summed E-state index contributed by atoms with van der Waals surface area (Å²) in [6.07, 6.45) is 3.17. The summed E-state index contributed by atoms with van der Waals surface area (Å²) in [6.45, 7) is 10.1. The van der Waals surface area contributed by atoms with Crippen molar-refractivity contribution in [2.75, 3.05) is 0 Å². The average Bonchev–Trinajstić information content (AvgIpc) is 3.35. The van der Waals surface area contributed by atoms with Gasteiger partial charge in [0.15, 0.2) is 0 Å². The molecule has 0 amide bonds. The molecule has 3 aliphatic heterocycles. The number of benzene rings is 2. The molecule has 0 bridgehead atoms. The zero-order valence-electron chi connectivity index (χ0n) is 18.4. The van der Waals surface area contributed by atoms with Gasteiger partial charge < -0.3 is 0 Å². The van der Waals surface area contributed by atoms with Crippen molar-refractivity contribution >= 4 is 65.5 Å². The molecule has 0 N–H and O–H groups in total. The van der Waals surface area contributed by atoms with E-state index in [1.165, 1.54) is 33.7 Å². The van der Waals surface area contributed by atoms with Crippen LogP contribution in [0.15, 0.2) is 48.5 Å². The van der Waals surface area contributed by atoms with Gasteiger partial charge in [-0.25, -0.2) is 0 Å². The first-order chi connectivity index (χ1) is 14.2. The maximum Gasteiger partial charge on any atom is 0.0858 e. The summed E-state index contributed by atoms with van der Waals surface area (Å²) in [5.41, 5.74) is 0. The molecule has 3 aliphatic rings. The minimum Gasteiger partial charge on any atom is -0.0677 e. The molecule has 3 heterocycles. The minimum atomic E-state index is -0.426. The van der Waals surface area contributed by atoms with Crippen molar-refractivity contribution in [1.82, 2.24) is 0 Å². The Bertz CT molecular complexity index is 774. The van der Waals surface area contributed by atoms with Crippen molar-refractivity contribution in [3.05, 3.63) is 48.5 Å². The summed E-state index contributed by atoms with van der Waals surface area (Å²) >= 11 is 0. The predicted octanol–water partition coefficient (Wildman–Crippen LogP) is 3.27. The standard InChI is InChI=1S/C24H32Si5/c1-5-26-19-13-9-10-14-20(19)27(6-2)23(26)17-18-24(25-23)28(7-3)21-15-11-12-16-22(21)29(24)8-4/h9-16H,5-8,17-18H2,1-4H3. The van der Waals surface area contributed by atoms with Crippen LogP contribution < -0.4 is 20.7 Å². The summed E-state index contributed by atoms with van der Waals surface area (Å²) < 4.78 is 1.53. The topological polar surface area (TPSA) is 0 Å². The Morgan fingerprint density at radius 1 is 0.586 bits per heavy atom. The van der Waals surface area contributed by atoms with Crippen LogP contribution in [0.4, 0.5) is 0 Å². The van der Waals surface area contributed by atoms with Gasteiger partial charge in [0.05, 0.1) is 35.2 Å². The van der Waals surface area contributed by atoms with E-state index in [2.05, 4.69) is 76.2 Å². The van der Waals surface area contributed by atoms with Crippen LogP contribution in [0, 0.1) is 0 Å². The van der Waals surface area contributed by atoms with Gasteiger partial charge in [-0.15, -0.1) is 0 Å². The maximum atomic E-state index is 2.55. The highest BCUT2D eigenvalue weighted by Gasteiger charge is 2.66. The monoisotopic (exact) mass is 460 g/mol. The van der Waals surface area contributed by atoms with Crippen LogP contribution in [0.5, 0.6) is 0 Å². The third-order valence-corrected chi connectivity index (χ3v) is 30.8. The lowest BCUT2D eigenvalue weighted by atomic mass is 10.4. The van der Waals surface area contributed by atoms with E-state index in [9.17, 15) is 0 Å². The molecule has 2 aromatic carbocycles. The van der Waals surface area contributed by atoms with Gasteiger partial charge in [-0.3, -0.25) is 0 Å². The first-order valence-electron chi connectivity index (χ1n) is 11.6. The zero-order chi connectivity index (χ0) is 20.2. The zero-order valence-corrected chi connectivity index (χ0v) is 23.4. The molecule has 1 saturated heterocycles. The Balaban J connectivity index is 1.63. The summed E-state index contributed by atoms with van der Waals surface area (Å²) in [5, 5.41) is 7.47. The molecule has 29 heavy (non-hydrogen) atoms. The van der Waals surface area contributed by atoms with Crippen LogP contribution in [0.1, 0.15) is 40.5 Å². The van der Waals surface area contributed by atoms with Crippen LogP contribution in [0.2, 0.25) is 32.7 Å². The van der Waals surface area contributed by atoms with Crippen LogP contribution in [0.25, 0.3) is 0 Å². The molecule has 148 valence electrons. The molecule has 5 rings (SSSR count). The largest absolute Gasteiger partial charge is 0.0858 e. The summed E-state index contributed by atoms with van der Waals surface area (Å²) in [4.78, 5) is 0. The quantitative estimate of drug-likeness (QED) is 0.614. The van der Waals surface area contributed by atoms with E-state index >= 15 is 0 Å². The SMILES string of the molecule is CC[Si]1c2ccccc2[Si](CC)C12CCC1([Si]2)[Si](CC)c2ccccc2[Si]1CC. The van der Waals surface area contributed by atoms with E-state index in [0.29, 0.717) is 0 Å². The van der Waals surface area contributed by atoms with Crippen molar-refractivity contribution in [2.45, 2.75) is 73.3 Å². The highest BCUT2D eigenvalue weighted by Crippen LogP contribution is 2.61. The molecule has 0 unspecified atom stereocenters. The fourth-order valence-electron chi connectivity index (χ4n) is 7.04. The van der Waals surface area contributed by atoms with Crippen molar-refractivity contribution in [1.29, 1.82) is 0 Å². The highest BCUT2D eigenvalue weighted by molar-refractivity contribution is 7.18. The fourth-order valence-corrected chi connectivity index (χ4v) is 37.3. The second-order valence-electron chi connectivity index (χ2n) is 8.86. The summed E-state index contributed by atoms with van der Waals surface area (Å²) in [6, 6.07) is 25.4. The van der Waals surface area contributed by atoms with E-state index in [1.54, 1.807) is 12.8 Å². The first kappa shape index (κ1) is 20.4. The molecule has 0 aliphatic carbocycles. The average molecular weight is 461 g/mol. The van der Waals surface area contributed by atoms with Crippen LogP contribution in [0.3, 0.4) is 0 Å². The normalized spacial score (nSPS) is 23.3. The highest BCUT2D eigenvalue weighted by atomic mass is 28.4. The van der Waals surface area contributed by atoms with Crippen molar-refractivity contribution in [3.8, 4) is 0 Å². The summed E-state index contributed by atoms with van der Waals surface area (Å²) in [7, 11) is -0.427. The Kier molecular flexibility index (Phi) is 5.34. The van der Waals surface area contributed by atoms with Crippen LogP contribution in [-0.2, 0) is 0 Å². The lowest BCUT2D eigenvalue weighted by Gasteiger charge is -2.40. The first-order valence-corrected chi connectivity index (χ1v) is 19.4. The fraction of sp³-hybridized carbons (Fsp3) is 0.500. The van der Waals surface area contributed by atoms with Gasteiger partial charge >= 0.3 is 0 Å². The smallest absolute Gasteiger partial charge is 0.0677 e. The molecule has 6 radical (unpaired) electrons. The number of hydrogen-bond donors (Lipinski definition) is 0. The maximum absolute atomic E-state index is 2.55. The molecule has 0 atom stereocenters. The minimum absolute atomic E-state index is 0.426. The van der Waals surface area contributed by atoms with Crippen LogP contribution >= 0.6 is 0 Å².